The van der Waals surface area contributed by atoms with E-state index in [1.165, 1.54) is 12.8 Å². The summed E-state index contributed by atoms with van der Waals surface area (Å²) in [5, 5.41) is -0.177. The zero-order valence-electron chi connectivity index (χ0n) is 13.7. The van der Waals surface area contributed by atoms with Crippen LogP contribution in [0.3, 0.4) is 0 Å². The first-order valence-electron chi connectivity index (χ1n) is 8.64. The molecule has 0 unspecified atom stereocenters. The lowest BCUT2D eigenvalue weighted by Gasteiger charge is -2.46. The Kier molecular flexibility index (Phi) is 5.71. The molecule has 0 atom stereocenters. The van der Waals surface area contributed by atoms with Crippen molar-refractivity contribution in [2.75, 3.05) is 13.6 Å². The van der Waals surface area contributed by atoms with Gasteiger partial charge in [0, 0.05) is 19.1 Å². The fraction of sp³-hybridized carbons (Fsp3) is 1.00. The summed E-state index contributed by atoms with van der Waals surface area (Å²) in [5.74, 6) is 0.746. The molecule has 0 aliphatic heterocycles. The Morgan fingerprint density at radius 3 is 2.14 bits per heavy atom. The van der Waals surface area contributed by atoms with Crippen LogP contribution in [0.15, 0.2) is 0 Å². The molecule has 0 aromatic carbocycles. The number of hydrogen-bond acceptors (Lipinski definition) is 3. The van der Waals surface area contributed by atoms with Gasteiger partial charge in [-0.1, -0.05) is 32.6 Å². The maximum Gasteiger partial charge on any atom is 0.217 e. The van der Waals surface area contributed by atoms with E-state index in [0.717, 1.165) is 57.3 Å². The van der Waals surface area contributed by atoms with Crippen LogP contribution in [0.5, 0.6) is 0 Å². The molecule has 4 nitrogen and oxygen atoms in total. The van der Waals surface area contributed by atoms with Gasteiger partial charge in [-0.15, -0.1) is 0 Å². The van der Waals surface area contributed by atoms with Crippen molar-refractivity contribution in [2.24, 2.45) is 11.7 Å². The Morgan fingerprint density at radius 1 is 1.10 bits per heavy atom. The molecule has 2 aliphatic rings. The molecule has 2 N–H and O–H groups in total. The lowest BCUT2D eigenvalue weighted by atomic mass is 9.75. The van der Waals surface area contributed by atoms with Gasteiger partial charge in [0.1, 0.15) is 0 Å². The maximum atomic E-state index is 13.0. The van der Waals surface area contributed by atoms with E-state index in [1.54, 1.807) is 11.4 Å². The molecule has 0 aromatic heterocycles. The highest BCUT2D eigenvalue weighted by atomic mass is 32.2. The van der Waals surface area contributed by atoms with Crippen LogP contribution in [0.4, 0.5) is 0 Å². The second-order valence-electron chi connectivity index (χ2n) is 7.05. The highest BCUT2D eigenvalue weighted by molar-refractivity contribution is 7.89. The monoisotopic (exact) mass is 316 g/mol. The van der Waals surface area contributed by atoms with Crippen molar-refractivity contribution >= 4 is 10.0 Å². The van der Waals surface area contributed by atoms with Gasteiger partial charge in [-0.2, -0.15) is 4.31 Å². The lowest BCUT2D eigenvalue weighted by molar-refractivity contribution is 0.127. The van der Waals surface area contributed by atoms with Crippen molar-refractivity contribution in [3.8, 4) is 0 Å². The van der Waals surface area contributed by atoms with Crippen molar-refractivity contribution < 1.29 is 8.42 Å². The van der Waals surface area contributed by atoms with Crippen LogP contribution < -0.4 is 5.73 Å². The molecular weight excluding hydrogens is 284 g/mol. The summed E-state index contributed by atoms with van der Waals surface area (Å²) >= 11 is 0. The smallest absolute Gasteiger partial charge is 0.217 e. The molecule has 5 heteroatoms. The summed E-state index contributed by atoms with van der Waals surface area (Å²) in [4.78, 5) is 0. The van der Waals surface area contributed by atoms with Gasteiger partial charge in [-0.05, 0) is 44.4 Å². The standard InChI is InChI=1S/C16H32N2O2S/c1-3-14-9-11-16(13-17,12-10-14)18(2)21(19,20)15-7-5-4-6-8-15/h14-15H,3-13,17H2,1-2H3. The molecule has 2 fully saturated rings. The molecular formula is C16H32N2O2S. The Hall–Kier alpha value is -0.130. The quantitative estimate of drug-likeness (QED) is 0.848. The van der Waals surface area contributed by atoms with Crippen LogP contribution in [0.2, 0.25) is 0 Å². The van der Waals surface area contributed by atoms with E-state index in [2.05, 4.69) is 6.92 Å². The lowest BCUT2D eigenvalue weighted by Crippen LogP contribution is -2.58. The molecule has 0 amide bonds. The van der Waals surface area contributed by atoms with Crippen molar-refractivity contribution in [1.82, 2.24) is 4.31 Å². The van der Waals surface area contributed by atoms with Crippen LogP contribution in [0.25, 0.3) is 0 Å². The van der Waals surface area contributed by atoms with Crippen LogP contribution in [0.1, 0.15) is 71.1 Å². The number of nitrogens with two attached hydrogens (primary N) is 1. The highest BCUT2D eigenvalue weighted by Crippen LogP contribution is 2.39. The zero-order valence-corrected chi connectivity index (χ0v) is 14.5. The number of nitrogens with zero attached hydrogens (tertiary/aromatic N) is 1. The second kappa shape index (κ2) is 6.97. The molecule has 2 saturated carbocycles. The van der Waals surface area contributed by atoms with Gasteiger partial charge in [-0.25, -0.2) is 8.42 Å². The number of likely N-dealkylation sites (N-methyl/N-ethyl adjacent to an activating group) is 1. The zero-order chi connectivity index (χ0) is 15.5. The van der Waals surface area contributed by atoms with E-state index in [9.17, 15) is 8.42 Å². The number of sulfonamides is 1. The van der Waals surface area contributed by atoms with Crippen LogP contribution in [-0.2, 0) is 10.0 Å². The van der Waals surface area contributed by atoms with E-state index >= 15 is 0 Å². The van der Waals surface area contributed by atoms with E-state index in [1.807, 2.05) is 0 Å². The molecule has 0 radical (unpaired) electrons. The van der Waals surface area contributed by atoms with Gasteiger partial charge >= 0.3 is 0 Å². The van der Waals surface area contributed by atoms with Crippen LogP contribution in [-0.4, -0.2) is 37.1 Å². The van der Waals surface area contributed by atoms with Crippen LogP contribution in [0, 0.1) is 5.92 Å². The first-order valence-corrected chi connectivity index (χ1v) is 10.1. The van der Waals surface area contributed by atoms with Crippen molar-refractivity contribution in [3.05, 3.63) is 0 Å². The Morgan fingerprint density at radius 2 is 1.67 bits per heavy atom. The minimum Gasteiger partial charge on any atom is -0.329 e. The van der Waals surface area contributed by atoms with Gasteiger partial charge in [0.2, 0.25) is 10.0 Å². The second-order valence-corrected chi connectivity index (χ2v) is 9.30. The third kappa shape index (κ3) is 3.45. The Balaban J connectivity index is 2.13. The fourth-order valence-corrected chi connectivity index (χ4v) is 6.30. The minimum absolute atomic E-state index is 0.177. The molecule has 124 valence electrons. The van der Waals surface area contributed by atoms with Gasteiger partial charge in [0.05, 0.1) is 5.25 Å². The summed E-state index contributed by atoms with van der Waals surface area (Å²) in [5.41, 5.74) is 5.71. The SMILES string of the molecule is CCC1CCC(CN)(N(C)S(=O)(=O)C2CCCCC2)CC1. The summed E-state index contributed by atoms with van der Waals surface area (Å²) in [7, 11) is -1.42. The van der Waals surface area contributed by atoms with Gasteiger partial charge in [0.15, 0.2) is 0 Å². The van der Waals surface area contributed by atoms with Gasteiger partial charge < -0.3 is 5.73 Å². The molecule has 2 rings (SSSR count). The molecule has 21 heavy (non-hydrogen) atoms. The third-order valence-electron chi connectivity index (χ3n) is 6.02. The van der Waals surface area contributed by atoms with Crippen molar-refractivity contribution in [2.45, 2.75) is 81.9 Å². The summed E-state index contributed by atoms with van der Waals surface area (Å²) in [6.07, 6.45) is 10.2. The highest BCUT2D eigenvalue weighted by Gasteiger charge is 2.45. The third-order valence-corrected chi connectivity index (χ3v) is 8.48. The summed E-state index contributed by atoms with van der Waals surface area (Å²) in [6, 6.07) is 0. The first-order chi connectivity index (χ1) is 9.96. The fourth-order valence-electron chi connectivity index (χ4n) is 4.13. The van der Waals surface area contributed by atoms with E-state index in [0.29, 0.717) is 6.54 Å². The maximum absolute atomic E-state index is 13.0. The summed E-state index contributed by atoms with van der Waals surface area (Å²) in [6.45, 7) is 2.68. The van der Waals surface area contributed by atoms with E-state index < -0.39 is 10.0 Å². The molecule has 0 heterocycles. The molecule has 2 aliphatic carbocycles. The summed E-state index contributed by atoms with van der Waals surface area (Å²) < 4.78 is 27.6. The topological polar surface area (TPSA) is 63.4 Å². The molecule has 0 spiro atoms. The predicted octanol–water partition coefficient (Wildman–Crippen LogP) is 2.88. The largest absolute Gasteiger partial charge is 0.329 e. The van der Waals surface area contributed by atoms with Crippen LogP contribution >= 0.6 is 0 Å². The van der Waals surface area contributed by atoms with Gasteiger partial charge in [0.25, 0.3) is 0 Å². The van der Waals surface area contributed by atoms with Crippen molar-refractivity contribution in [3.63, 3.8) is 0 Å². The molecule has 0 saturated heterocycles. The average Bonchev–Trinajstić information content (AvgIpc) is 2.55. The first kappa shape index (κ1) is 17.2. The number of rotatable bonds is 5. The Bertz CT molecular complexity index is 422. The predicted molar refractivity (Wildman–Crippen MR) is 87.6 cm³/mol. The van der Waals surface area contributed by atoms with E-state index in [4.69, 9.17) is 5.73 Å². The van der Waals surface area contributed by atoms with E-state index in [-0.39, 0.29) is 10.8 Å². The molecule has 0 aromatic rings. The average molecular weight is 317 g/mol. The van der Waals surface area contributed by atoms with Crippen molar-refractivity contribution in [1.29, 1.82) is 0 Å². The Labute approximate surface area is 130 Å². The van der Waals surface area contributed by atoms with Gasteiger partial charge in [-0.3, -0.25) is 0 Å². The number of hydrogen-bond donors (Lipinski definition) is 1. The minimum atomic E-state index is -3.20. The molecule has 0 bridgehead atoms. The normalized spacial score (nSPS) is 32.5.